The van der Waals surface area contributed by atoms with Gasteiger partial charge in [0.05, 0.1) is 6.61 Å². The molecule has 0 spiro atoms. The Kier molecular flexibility index (Phi) is 5.30. The minimum Gasteiger partial charge on any atom is -0.485 e. The number of aryl methyl sites for hydroxylation is 1. The molecule has 0 atom stereocenters. The summed E-state index contributed by atoms with van der Waals surface area (Å²) in [6, 6.07) is 7.78. The third-order valence-corrected chi connectivity index (χ3v) is 3.07. The van der Waals surface area contributed by atoms with Gasteiger partial charge in [0, 0.05) is 6.20 Å². The van der Waals surface area contributed by atoms with Crippen LogP contribution in [0.1, 0.15) is 35.6 Å². The van der Waals surface area contributed by atoms with E-state index in [4.69, 9.17) is 15.2 Å². The maximum absolute atomic E-state index is 11.6. The van der Waals surface area contributed by atoms with Gasteiger partial charge in [-0.15, -0.1) is 0 Å². The van der Waals surface area contributed by atoms with E-state index in [1.165, 1.54) is 6.20 Å². The summed E-state index contributed by atoms with van der Waals surface area (Å²) in [6.07, 6.45) is 2.24. The molecule has 0 amide bonds. The first-order chi connectivity index (χ1) is 10.7. The van der Waals surface area contributed by atoms with Gasteiger partial charge in [-0.05, 0) is 25.0 Å². The molecule has 2 aromatic rings. The predicted octanol–water partition coefficient (Wildman–Crippen LogP) is 2.38. The number of rotatable bonds is 6. The van der Waals surface area contributed by atoms with E-state index in [0.717, 1.165) is 17.7 Å². The molecule has 0 fully saturated rings. The molecule has 0 bridgehead atoms. The number of esters is 1. The molecule has 22 heavy (non-hydrogen) atoms. The maximum Gasteiger partial charge on any atom is 0.343 e. The second kappa shape index (κ2) is 7.40. The Labute approximate surface area is 129 Å². The molecule has 0 unspecified atom stereocenters. The van der Waals surface area contributed by atoms with Crippen molar-refractivity contribution in [2.75, 3.05) is 12.3 Å². The Balaban J connectivity index is 2.08. The number of hydrogen-bond acceptors (Lipinski definition) is 6. The molecule has 6 nitrogen and oxygen atoms in total. The number of nitrogens with two attached hydrogens (primary N) is 1. The fraction of sp³-hybridized carbons (Fsp3) is 0.312. The quantitative estimate of drug-likeness (QED) is 0.824. The van der Waals surface area contributed by atoms with Crippen LogP contribution in [0.3, 0.4) is 0 Å². The number of carbonyl (C=O) groups is 1. The lowest BCUT2D eigenvalue weighted by Crippen LogP contribution is -2.12. The molecule has 6 heteroatoms. The molecule has 0 aliphatic heterocycles. The number of nitrogen functional groups attached to an aromatic ring is 1. The molecule has 0 saturated heterocycles. The van der Waals surface area contributed by atoms with Gasteiger partial charge >= 0.3 is 5.97 Å². The van der Waals surface area contributed by atoms with E-state index in [-0.39, 0.29) is 24.6 Å². The number of benzene rings is 1. The van der Waals surface area contributed by atoms with Crippen molar-refractivity contribution >= 4 is 11.8 Å². The van der Waals surface area contributed by atoms with Crippen LogP contribution in [0.4, 0.5) is 5.82 Å². The Morgan fingerprint density at radius 1 is 1.27 bits per heavy atom. The second-order valence-corrected chi connectivity index (χ2v) is 4.56. The number of anilines is 1. The molecular formula is C16H19N3O3. The van der Waals surface area contributed by atoms with Crippen molar-refractivity contribution in [1.29, 1.82) is 0 Å². The number of nitrogens with zero attached hydrogens (tertiary/aromatic N) is 2. The SMILES string of the molecule is CCOC(=O)c1cnc(COc2ccccc2CC)nc1N. The smallest absolute Gasteiger partial charge is 0.343 e. The summed E-state index contributed by atoms with van der Waals surface area (Å²) in [5, 5.41) is 0. The van der Waals surface area contributed by atoms with Gasteiger partial charge in [0.15, 0.2) is 5.82 Å². The van der Waals surface area contributed by atoms with Crippen LogP contribution in [0, 0.1) is 0 Å². The van der Waals surface area contributed by atoms with Gasteiger partial charge in [-0.1, -0.05) is 25.1 Å². The monoisotopic (exact) mass is 301 g/mol. The van der Waals surface area contributed by atoms with Crippen LogP contribution in [0.25, 0.3) is 0 Å². The lowest BCUT2D eigenvalue weighted by atomic mass is 10.1. The van der Waals surface area contributed by atoms with Crippen LogP contribution >= 0.6 is 0 Å². The third kappa shape index (κ3) is 3.72. The summed E-state index contributed by atoms with van der Waals surface area (Å²) in [7, 11) is 0. The summed E-state index contributed by atoms with van der Waals surface area (Å²) in [4.78, 5) is 19.8. The lowest BCUT2D eigenvalue weighted by Gasteiger charge is -2.10. The number of para-hydroxylation sites is 1. The fourth-order valence-electron chi connectivity index (χ4n) is 1.95. The molecular weight excluding hydrogens is 282 g/mol. The number of ether oxygens (including phenoxy) is 2. The molecule has 0 aliphatic rings. The van der Waals surface area contributed by atoms with Crippen molar-refractivity contribution in [2.24, 2.45) is 0 Å². The van der Waals surface area contributed by atoms with Crippen molar-refractivity contribution in [2.45, 2.75) is 26.9 Å². The minimum atomic E-state index is -0.524. The molecule has 1 heterocycles. The van der Waals surface area contributed by atoms with Gasteiger partial charge in [-0.2, -0.15) is 0 Å². The Hall–Kier alpha value is -2.63. The van der Waals surface area contributed by atoms with Crippen molar-refractivity contribution in [1.82, 2.24) is 9.97 Å². The summed E-state index contributed by atoms with van der Waals surface area (Å²) in [6.45, 7) is 4.24. The van der Waals surface area contributed by atoms with Crippen molar-refractivity contribution in [3.63, 3.8) is 0 Å². The van der Waals surface area contributed by atoms with E-state index >= 15 is 0 Å². The van der Waals surface area contributed by atoms with Gasteiger partial charge in [-0.3, -0.25) is 0 Å². The molecule has 1 aromatic carbocycles. The molecule has 1 aromatic heterocycles. The van der Waals surface area contributed by atoms with Crippen LogP contribution in [0.15, 0.2) is 30.5 Å². The Morgan fingerprint density at radius 2 is 2.05 bits per heavy atom. The van der Waals surface area contributed by atoms with E-state index in [1.54, 1.807) is 6.92 Å². The van der Waals surface area contributed by atoms with Crippen molar-refractivity contribution < 1.29 is 14.3 Å². The van der Waals surface area contributed by atoms with E-state index in [1.807, 2.05) is 24.3 Å². The fourth-order valence-corrected chi connectivity index (χ4v) is 1.95. The van der Waals surface area contributed by atoms with Gasteiger partial charge in [0.25, 0.3) is 0 Å². The molecule has 0 aliphatic carbocycles. The van der Waals surface area contributed by atoms with E-state index in [9.17, 15) is 4.79 Å². The van der Waals surface area contributed by atoms with Crippen molar-refractivity contribution in [3.05, 3.63) is 47.4 Å². The van der Waals surface area contributed by atoms with E-state index < -0.39 is 5.97 Å². The zero-order valence-corrected chi connectivity index (χ0v) is 12.7. The molecule has 2 N–H and O–H groups in total. The van der Waals surface area contributed by atoms with Gasteiger partial charge in [0.1, 0.15) is 23.7 Å². The Morgan fingerprint density at radius 3 is 2.73 bits per heavy atom. The zero-order chi connectivity index (χ0) is 15.9. The highest BCUT2D eigenvalue weighted by atomic mass is 16.5. The lowest BCUT2D eigenvalue weighted by molar-refractivity contribution is 0.0526. The van der Waals surface area contributed by atoms with Crippen molar-refractivity contribution in [3.8, 4) is 5.75 Å². The summed E-state index contributed by atoms with van der Waals surface area (Å²) >= 11 is 0. The summed E-state index contributed by atoms with van der Waals surface area (Å²) in [5.74, 6) is 0.776. The van der Waals surface area contributed by atoms with Gasteiger partial charge in [-0.25, -0.2) is 14.8 Å². The molecule has 0 radical (unpaired) electrons. The number of aromatic nitrogens is 2. The third-order valence-electron chi connectivity index (χ3n) is 3.07. The number of hydrogen-bond donors (Lipinski definition) is 1. The average Bonchev–Trinajstić information content (AvgIpc) is 2.53. The normalized spacial score (nSPS) is 10.3. The second-order valence-electron chi connectivity index (χ2n) is 4.56. The first-order valence-corrected chi connectivity index (χ1v) is 7.14. The van der Waals surface area contributed by atoms with Crippen LogP contribution in [-0.4, -0.2) is 22.5 Å². The van der Waals surface area contributed by atoms with Gasteiger partial charge in [0.2, 0.25) is 0 Å². The van der Waals surface area contributed by atoms with Gasteiger partial charge < -0.3 is 15.2 Å². The molecule has 2 rings (SSSR count). The van der Waals surface area contributed by atoms with Crippen LogP contribution in [0.5, 0.6) is 5.75 Å². The van der Waals surface area contributed by atoms with E-state index in [0.29, 0.717) is 5.82 Å². The highest BCUT2D eigenvalue weighted by molar-refractivity contribution is 5.93. The predicted molar refractivity (Wildman–Crippen MR) is 82.6 cm³/mol. The Bertz CT molecular complexity index is 659. The average molecular weight is 301 g/mol. The minimum absolute atomic E-state index is 0.0934. The summed E-state index contributed by atoms with van der Waals surface area (Å²) in [5.41, 5.74) is 7.05. The highest BCUT2D eigenvalue weighted by Gasteiger charge is 2.14. The zero-order valence-electron chi connectivity index (χ0n) is 12.7. The largest absolute Gasteiger partial charge is 0.485 e. The maximum atomic E-state index is 11.6. The van der Waals surface area contributed by atoms with E-state index in [2.05, 4.69) is 16.9 Å². The van der Waals surface area contributed by atoms with Crippen LogP contribution in [0.2, 0.25) is 0 Å². The topological polar surface area (TPSA) is 87.3 Å². The molecule has 116 valence electrons. The standard InChI is InChI=1S/C16H19N3O3/c1-3-11-7-5-6-8-13(11)22-10-14-18-9-12(15(17)19-14)16(20)21-4-2/h5-9H,3-4,10H2,1-2H3,(H2,17,18,19). The highest BCUT2D eigenvalue weighted by Crippen LogP contribution is 2.19. The first kappa shape index (κ1) is 15.8. The molecule has 0 saturated carbocycles. The summed E-state index contributed by atoms with van der Waals surface area (Å²) < 4.78 is 10.6. The first-order valence-electron chi connectivity index (χ1n) is 7.14. The van der Waals surface area contributed by atoms with Crippen LogP contribution < -0.4 is 10.5 Å². The van der Waals surface area contributed by atoms with Crippen LogP contribution in [-0.2, 0) is 17.8 Å². The number of carbonyl (C=O) groups excluding carboxylic acids is 1.